The van der Waals surface area contributed by atoms with Gasteiger partial charge in [-0.3, -0.25) is 4.99 Å². The van der Waals surface area contributed by atoms with Crippen LogP contribution in [0.4, 0.5) is 13.2 Å². The molecule has 0 aromatic heterocycles. The Labute approximate surface area is 152 Å². The molecule has 1 aromatic rings. The Balaban J connectivity index is 2.03. The molecule has 0 amide bonds. The first kappa shape index (κ1) is 20.4. The molecular formula is C18H26F3N3O2. The van der Waals surface area contributed by atoms with E-state index in [9.17, 15) is 13.2 Å². The van der Waals surface area contributed by atoms with Crippen molar-refractivity contribution in [2.75, 3.05) is 33.9 Å². The second-order valence-electron chi connectivity index (χ2n) is 6.06. The molecule has 0 bridgehead atoms. The minimum absolute atomic E-state index is 0.0386. The number of nitrogens with zero attached hydrogens (tertiary/aromatic N) is 2. The van der Waals surface area contributed by atoms with Crippen molar-refractivity contribution in [3.05, 3.63) is 29.3 Å². The van der Waals surface area contributed by atoms with Gasteiger partial charge in [0, 0.05) is 33.3 Å². The van der Waals surface area contributed by atoms with Crippen molar-refractivity contribution in [1.82, 2.24) is 10.2 Å². The molecule has 1 fully saturated rings. The Morgan fingerprint density at radius 3 is 2.54 bits per heavy atom. The van der Waals surface area contributed by atoms with Gasteiger partial charge in [0.05, 0.1) is 18.8 Å². The number of guanidine groups is 1. The zero-order valence-electron chi connectivity index (χ0n) is 15.4. The molecule has 1 N–H and O–H groups in total. The highest BCUT2D eigenvalue weighted by Crippen LogP contribution is 2.34. The standard InChI is InChI=1S/C18H26F3N3O2/c1-4-26-14-7-9-24(10-8-14)17(22-2)23-12-13-5-6-15(25-3)11-16(13)18(19,20)21/h5-6,11,14H,4,7-10,12H2,1-3H3,(H,22,23). The topological polar surface area (TPSA) is 46.1 Å². The summed E-state index contributed by atoms with van der Waals surface area (Å²) in [6, 6.07) is 3.99. The van der Waals surface area contributed by atoms with Crippen molar-refractivity contribution in [3.63, 3.8) is 0 Å². The number of hydrogen-bond donors (Lipinski definition) is 1. The summed E-state index contributed by atoms with van der Waals surface area (Å²) in [6.45, 7) is 4.23. The lowest BCUT2D eigenvalue weighted by Gasteiger charge is -2.34. The summed E-state index contributed by atoms with van der Waals surface area (Å²) in [5.74, 6) is 0.785. The van der Waals surface area contributed by atoms with Gasteiger partial charge in [-0.05, 0) is 37.5 Å². The van der Waals surface area contributed by atoms with Crippen LogP contribution in [0.3, 0.4) is 0 Å². The lowest BCUT2D eigenvalue weighted by Crippen LogP contribution is -2.46. The monoisotopic (exact) mass is 373 g/mol. The van der Waals surface area contributed by atoms with Gasteiger partial charge in [0.25, 0.3) is 0 Å². The normalized spacial score (nSPS) is 16.7. The van der Waals surface area contributed by atoms with Crippen molar-refractivity contribution < 1.29 is 22.6 Å². The number of rotatable bonds is 5. The summed E-state index contributed by atoms with van der Waals surface area (Å²) >= 11 is 0. The van der Waals surface area contributed by atoms with E-state index in [0.717, 1.165) is 32.0 Å². The highest BCUT2D eigenvalue weighted by atomic mass is 19.4. The predicted octanol–water partition coefficient (Wildman–Crippen LogP) is 3.29. The van der Waals surface area contributed by atoms with E-state index in [4.69, 9.17) is 9.47 Å². The number of methoxy groups -OCH3 is 1. The number of benzene rings is 1. The van der Waals surface area contributed by atoms with Gasteiger partial charge in [-0.15, -0.1) is 0 Å². The van der Waals surface area contributed by atoms with Crippen LogP contribution in [0, 0.1) is 0 Å². The van der Waals surface area contributed by atoms with Gasteiger partial charge in [0.1, 0.15) is 5.75 Å². The fraction of sp³-hybridized carbons (Fsp3) is 0.611. The Morgan fingerprint density at radius 1 is 1.31 bits per heavy atom. The van der Waals surface area contributed by atoms with Gasteiger partial charge in [-0.2, -0.15) is 13.2 Å². The molecular weight excluding hydrogens is 347 g/mol. The lowest BCUT2D eigenvalue weighted by atomic mass is 10.1. The van der Waals surface area contributed by atoms with E-state index in [0.29, 0.717) is 12.6 Å². The molecule has 0 spiro atoms. The minimum Gasteiger partial charge on any atom is -0.497 e. The van der Waals surface area contributed by atoms with Gasteiger partial charge < -0.3 is 19.7 Å². The van der Waals surface area contributed by atoms with Crippen LogP contribution in [0.1, 0.15) is 30.9 Å². The molecule has 0 radical (unpaired) electrons. The molecule has 1 heterocycles. The summed E-state index contributed by atoms with van der Waals surface area (Å²) in [7, 11) is 2.98. The highest BCUT2D eigenvalue weighted by molar-refractivity contribution is 5.80. The van der Waals surface area contributed by atoms with Crippen LogP contribution in [-0.2, 0) is 17.5 Å². The number of alkyl halides is 3. The third kappa shape index (κ3) is 5.27. The van der Waals surface area contributed by atoms with Gasteiger partial charge in [0.2, 0.25) is 0 Å². The average Bonchev–Trinajstić information content (AvgIpc) is 2.63. The number of piperidine rings is 1. The quantitative estimate of drug-likeness (QED) is 0.636. The van der Waals surface area contributed by atoms with E-state index >= 15 is 0 Å². The van der Waals surface area contributed by atoms with E-state index in [2.05, 4.69) is 10.3 Å². The molecule has 1 aliphatic rings. The number of nitrogens with one attached hydrogen (secondary N) is 1. The fourth-order valence-electron chi connectivity index (χ4n) is 3.08. The van der Waals surface area contributed by atoms with E-state index in [1.165, 1.54) is 19.2 Å². The molecule has 0 atom stereocenters. The number of likely N-dealkylation sites (tertiary alicyclic amines) is 1. The Bertz CT molecular complexity index is 612. The van der Waals surface area contributed by atoms with Crippen LogP contribution >= 0.6 is 0 Å². The van der Waals surface area contributed by atoms with Crippen LogP contribution in [0.25, 0.3) is 0 Å². The molecule has 8 heteroatoms. The van der Waals surface area contributed by atoms with Crippen LogP contribution in [0.2, 0.25) is 0 Å². The van der Waals surface area contributed by atoms with Crippen molar-refractivity contribution in [2.24, 2.45) is 4.99 Å². The number of hydrogen-bond acceptors (Lipinski definition) is 3. The molecule has 146 valence electrons. The molecule has 1 aromatic carbocycles. The molecule has 1 saturated heterocycles. The van der Waals surface area contributed by atoms with Crippen LogP contribution in [-0.4, -0.2) is 50.8 Å². The van der Waals surface area contributed by atoms with Crippen molar-refractivity contribution in [1.29, 1.82) is 0 Å². The molecule has 1 aliphatic heterocycles. The number of aliphatic imine (C=N–C) groups is 1. The van der Waals surface area contributed by atoms with Crippen molar-refractivity contribution in [2.45, 2.75) is 38.6 Å². The van der Waals surface area contributed by atoms with Gasteiger partial charge in [-0.25, -0.2) is 0 Å². The summed E-state index contributed by atoms with van der Waals surface area (Å²) < 4.78 is 50.4. The van der Waals surface area contributed by atoms with Crippen molar-refractivity contribution >= 4 is 5.96 Å². The van der Waals surface area contributed by atoms with E-state index in [-0.39, 0.29) is 24.0 Å². The first-order valence-electron chi connectivity index (χ1n) is 8.70. The molecule has 0 aliphatic carbocycles. The molecule has 2 rings (SSSR count). The van der Waals surface area contributed by atoms with Crippen LogP contribution in [0.5, 0.6) is 5.75 Å². The maximum absolute atomic E-state index is 13.3. The summed E-state index contributed by atoms with van der Waals surface area (Å²) in [4.78, 5) is 6.26. The van der Waals surface area contributed by atoms with E-state index in [1.807, 2.05) is 11.8 Å². The number of halogens is 3. The third-order valence-electron chi connectivity index (χ3n) is 4.42. The van der Waals surface area contributed by atoms with E-state index < -0.39 is 11.7 Å². The Morgan fingerprint density at radius 2 is 2.00 bits per heavy atom. The zero-order valence-corrected chi connectivity index (χ0v) is 15.4. The molecule has 0 saturated carbocycles. The number of ether oxygens (including phenoxy) is 2. The van der Waals surface area contributed by atoms with E-state index in [1.54, 1.807) is 7.05 Å². The SMILES string of the molecule is CCOC1CCN(C(=NC)NCc2ccc(OC)cc2C(F)(F)F)CC1. The molecule has 26 heavy (non-hydrogen) atoms. The molecule has 5 nitrogen and oxygen atoms in total. The Kier molecular flexibility index (Phi) is 7.14. The minimum atomic E-state index is -4.44. The summed E-state index contributed by atoms with van der Waals surface area (Å²) in [6.07, 6.45) is -2.44. The fourth-order valence-corrected chi connectivity index (χ4v) is 3.08. The highest BCUT2D eigenvalue weighted by Gasteiger charge is 2.34. The van der Waals surface area contributed by atoms with Gasteiger partial charge in [0.15, 0.2) is 5.96 Å². The maximum atomic E-state index is 13.3. The van der Waals surface area contributed by atoms with Gasteiger partial charge in [-0.1, -0.05) is 6.07 Å². The lowest BCUT2D eigenvalue weighted by molar-refractivity contribution is -0.138. The zero-order chi connectivity index (χ0) is 19.2. The van der Waals surface area contributed by atoms with Crippen LogP contribution < -0.4 is 10.1 Å². The van der Waals surface area contributed by atoms with Crippen LogP contribution in [0.15, 0.2) is 23.2 Å². The average molecular weight is 373 g/mol. The second kappa shape index (κ2) is 9.12. The third-order valence-corrected chi connectivity index (χ3v) is 4.42. The predicted molar refractivity (Wildman–Crippen MR) is 94.4 cm³/mol. The van der Waals surface area contributed by atoms with Gasteiger partial charge >= 0.3 is 6.18 Å². The summed E-state index contributed by atoms with van der Waals surface area (Å²) in [5.41, 5.74) is -0.543. The Hall–Kier alpha value is -1.96. The second-order valence-corrected chi connectivity index (χ2v) is 6.06. The summed E-state index contributed by atoms with van der Waals surface area (Å²) in [5, 5.41) is 3.05. The molecule has 0 unspecified atom stereocenters. The smallest absolute Gasteiger partial charge is 0.416 e. The largest absolute Gasteiger partial charge is 0.497 e. The first-order chi connectivity index (χ1) is 12.4. The maximum Gasteiger partial charge on any atom is 0.416 e. The first-order valence-corrected chi connectivity index (χ1v) is 8.70. The van der Waals surface area contributed by atoms with Crippen molar-refractivity contribution in [3.8, 4) is 5.75 Å².